The van der Waals surface area contributed by atoms with Gasteiger partial charge in [0.25, 0.3) is 11.8 Å². The molecule has 2 rings (SSSR count). The molecule has 4 N–H and O–H groups in total. The number of imide groups is 1. The van der Waals surface area contributed by atoms with Crippen molar-refractivity contribution in [1.82, 2.24) is 10.8 Å². The third-order valence-corrected chi connectivity index (χ3v) is 4.19. The highest BCUT2D eigenvalue weighted by molar-refractivity contribution is 6.02. The molecule has 0 spiro atoms. The standard InChI is InChI=1S/C22H24N2O7/c1-15(7-12-19(26)24-29)20(16-8-10-18(11-9-16)30-14-13-25)31-22(28)23-21(27)17-5-3-2-4-6-17/h2-12,15,20,25,29H,13-14H2,1H3,(H,24,26)(H,23,27,28)/b12-7+/t15-,20-/m1/s1. The molecule has 2 atom stereocenters. The molecule has 0 unspecified atom stereocenters. The molecule has 0 aliphatic heterocycles. The molecule has 164 valence electrons. The van der Waals surface area contributed by atoms with E-state index < -0.39 is 29.9 Å². The average Bonchev–Trinajstić information content (AvgIpc) is 2.80. The average molecular weight is 428 g/mol. The Kier molecular flexibility index (Phi) is 9.21. The summed E-state index contributed by atoms with van der Waals surface area (Å²) in [5, 5.41) is 19.7. The molecular formula is C22H24N2O7. The SMILES string of the molecule is C[C@H](/C=C/C(=O)NO)[C@@H](OC(=O)NC(=O)c1ccccc1)c1ccc(OCCO)cc1. The fourth-order valence-corrected chi connectivity index (χ4v) is 2.67. The molecule has 0 bridgehead atoms. The van der Waals surface area contributed by atoms with E-state index >= 15 is 0 Å². The van der Waals surface area contributed by atoms with Crippen LogP contribution < -0.4 is 15.5 Å². The Morgan fingerprint density at radius 2 is 1.74 bits per heavy atom. The zero-order chi connectivity index (χ0) is 22.6. The van der Waals surface area contributed by atoms with Gasteiger partial charge in [-0.25, -0.2) is 10.3 Å². The van der Waals surface area contributed by atoms with Gasteiger partial charge in [0.05, 0.1) is 6.61 Å². The Morgan fingerprint density at radius 3 is 2.35 bits per heavy atom. The lowest BCUT2D eigenvalue weighted by Crippen LogP contribution is -2.33. The number of alkyl carbamates (subject to hydrolysis) is 1. The molecule has 9 nitrogen and oxygen atoms in total. The lowest BCUT2D eigenvalue weighted by atomic mass is 9.96. The summed E-state index contributed by atoms with van der Waals surface area (Å²) in [7, 11) is 0. The lowest BCUT2D eigenvalue weighted by Gasteiger charge is -2.23. The summed E-state index contributed by atoms with van der Waals surface area (Å²) in [6.07, 6.45) is 0.760. The van der Waals surface area contributed by atoms with Gasteiger partial charge in [0.2, 0.25) is 0 Å². The van der Waals surface area contributed by atoms with Gasteiger partial charge >= 0.3 is 6.09 Å². The summed E-state index contributed by atoms with van der Waals surface area (Å²) in [5.41, 5.74) is 2.37. The molecule has 0 aromatic heterocycles. The highest BCUT2D eigenvalue weighted by Crippen LogP contribution is 2.29. The molecule has 31 heavy (non-hydrogen) atoms. The monoisotopic (exact) mass is 428 g/mol. The van der Waals surface area contributed by atoms with Crippen LogP contribution in [0.2, 0.25) is 0 Å². The maximum absolute atomic E-state index is 12.4. The topological polar surface area (TPSA) is 134 Å². The van der Waals surface area contributed by atoms with Gasteiger partial charge in [-0.15, -0.1) is 0 Å². The molecule has 2 aromatic carbocycles. The van der Waals surface area contributed by atoms with Crippen LogP contribution in [0.4, 0.5) is 4.79 Å². The second kappa shape index (κ2) is 12.1. The minimum Gasteiger partial charge on any atom is -0.491 e. The number of hydrogen-bond acceptors (Lipinski definition) is 7. The highest BCUT2D eigenvalue weighted by atomic mass is 16.6. The molecule has 0 saturated heterocycles. The maximum atomic E-state index is 12.4. The van der Waals surface area contributed by atoms with Gasteiger partial charge in [-0.2, -0.15) is 0 Å². The van der Waals surface area contributed by atoms with Crippen LogP contribution in [0.5, 0.6) is 5.75 Å². The van der Waals surface area contributed by atoms with Crippen LogP contribution >= 0.6 is 0 Å². The minimum atomic E-state index is -0.952. The van der Waals surface area contributed by atoms with Crippen molar-refractivity contribution < 1.29 is 34.2 Å². The van der Waals surface area contributed by atoms with Crippen molar-refractivity contribution in [3.8, 4) is 5.75 Å². The van der Waals surface area contributed by atoms with Gasteiger partial charge in [0, 0.05) is 17.6 Å². The highest BCUT2D eigenvalue weighted by Gasteiger charge is 2.24. The van der Waals surface area contributed by atoms with Crippen LogP contribution in [0.15, 0.2) is 66.7 Å². The quantitative estimate of drug-likeness (QED) is 0.274. The number of hydrogen-bond donors (Lipinski definition) is 4. The number of hydroxylamine groups is 1. The van der Waals surface area contributed by atoms with Gasteiger partial charge in [-0.05, 0) is 29.8 Å². The van der Waals surface area contributed by atoms with E-state index in [0.717, 1.165) is 6.08 Å². The first-order valence-electron chi connectivity index (χ1n) is 9.47. The number of nitrogens with one attached hydrogen (secondary N) is 2. The fraction of sp³-hybridized carbons (Fsp3) is 0.227. The fourth-order valence-electron chi connectivity index (χ4n) is 2.67. The molecule has 3 amide bonds. The number of carbonyl (C=O) groups is 3. The van der Waals surface area contributed by atoms with Gasteiger partial charge in [-0.3, -0.25) is 20.1 Å². The predicted molar refractivity (Wildman–Crippen MR) is 110 cm³/mol. The maximum Gasteiger partial charge on any atom is 0.414 e. The largest absolute Gasteiger partial charge is 0.491 e. The van der Waals surface area contributed by atoms with Crippen LogP contribution in [-0.4, -0.2) is 41.4 Å². The lowest BCUT2D eigenvalue weighted by molar-refractivity contribution is -0.124. The Hall–Kier alpha value is -3.69. The van der Waals surface area contributed by atoms with Crippen molar-refractivity contribution in [1.29, 1.82) is 0 Å². The molecule has 0 aliphatic rings. The first kappa shape index (κ1) is 23.6. The summed E-state index contributed by atoms with van der Waals surface area (Å²) in [5.74, 6) is -1.32. The van der Waals surface area contributed by atoms with Crippen molar-refractivity contribution in [3.63, 3.8) is 0 Å². The summed E-state index contributed by atoms with van der Waals surface area (Å²) < 4.78 is 10.8. The van der Waals surface area contributed by atoms with E-state index in [1.807, 2.05) is 0 Å². The van der Waals surface area contributed by atoms with Crippen LogP contribution in [0.25, 0.3) is 0 Å². The van der Waals surface area contributed by atoms with E-state index in [1.54, 1.807) is 61.5 Å². The number of amides is 3. The molecule has 9 heteroatoms. The number of benzene rings is 2. The summed E-state index contributed by atoms with van der Waals surface area (Å²) in [4.78, 5) is 35.9. The summed E-state index contributed by atoms with van der Waals surface area (Å²) >= 11 is 0. The van der Waals surface area contributed by atoms with E-state index in [4.69, 9.17) is 19.8 Å². The number of aliphatic hydroxyl groups is 1. The number of rotatable bonds is 9. The zero-order valence-electron chi connectivity index (χ0n) is 16.9. The van der Waals surface area contributed by atoms with E-state index in [9.17, 15) is 14.4 Å². The van der Waals surface area contributed by atoms with Gasteiger partial charge in [-0.1, -0.05) is 43.3 Å². The second-order valence-electron chi connectivity index (χ2n) is 6.48. The number of aliphatic hydroxyl groups excluding tert-OH is 1. The second-order valence-corrected chi connectivity index (χ2v) is 6.48. The first-order chi connectivity index (χ1) is 14.9. The molecular weight excluding hydrogens is 404 g/mol. The molecule has 0 radical (unpaired) electrons. The Morgan fingerprint density at radius 1 is 1.06 bits per heavy atom. The number of carbonyl (C=O) groups excluding carboxylic acids is 3. The third-order valence-electron chi connectivity index (χ3n) is 4.19. The van der Waals surface area contributed by atoms with E-state index in [2.05, 4.69) is 5.32 Å². The minimum absolute atomic E-state index is 0.127. The third kappa shape index (κ3) is 7.57. The molecule has 0 aliphatic carbocycles. The van der Waals surface area contributed by atoms with Crippen LogP contribution in [-0.2, 0) is 9.53 Å². The van der Waals surface area contributed by atoms with Crippen molar-refractivity contribution in [2.24, 2.45) is 5.92 Å². The van der Waals surface area contributed by atoms with E-state index in [-0.39, 0.29) is 13.2 Å². The van der Waals surface area contributed by atoms with Crippen LogP contribution in [0.3, 0.4) is 0 Å². The Labute approximate surface area is 179 Å². The van der Waals surface area contributed by atoms with Crippen molar-refractivity contribution in [2.45, 2.75) is 13.0 Å². The normalized spacial score (nSPS) is 12.6. The van der Waals surface area contributed by atoms with Crippen molar-refractivity contribution in [3.05, 3.63) is 77.9 Å². The van der Waals surface area contributed by atoms with Crippen LogP contribution in [0, 0.1) is 5.92 Å². The summed E-state index contributed by atoms with van der Waals surface area (Å²) in [6, 6.07) is 14.8. The van der Waals surface area contributed by atoms with Crippen LogP contribution in [0.1, 0.15) is 28.9 Å². The smallest absolute Gasteiger partial charge is 0.414 e. The molecule has 0 heterocycles. The predicted octanol–water partition coefficient (Wildman–Crippen LogP) is 2.36. The van der Waals surface area contributed by atoms with E-state index in [0.29, 0.717) is 16.9 Å². The summed E-state index contributed by atoms with van der Waals surface area (Å²) in [6.45, 7) is 1.71. The molecule has 0 saturated carbocycles. The molecule has 2 aromatic rings. The van der Waals surface area contributed by atoms with Gasteiger partial charge in [0.1, 0.15) is 18.5 Å². The van der Waals surface area contributed by atoms with Gasteiger partial charge in [0.15, 0.2) is 0 Å². The van der Waals surface area contributed by atoms with Crippen molar-refractivity contribution in [2.75, 3.05) is 13.2 Å². The van der Waals surface area contributed by atoms with Crippen molar-refractivity contribution >= 4 is 17.9 Å². The first-order valence-corrected chi connectivity index (χ1v) is 9.47. The molecule has 0 fully saturated rings. The van der Waals surface area contributed by atoms with E-state index in [1.165, 1.54) is 11.6 Å². The zero-order valence-corrected chi connectivity index (χ0v) is 16.9. The number of ether oxygens (including phenoxy) is 2. The Balaban J connectivity index is 2.16. The van der Waals surface area contributed by atoms with Gasteiger partial charge < -0.3 is 14.6 Å². The Bertz CT molecular complexity index is 898.